The number of aldehydes is 1. The summed E-state index contributed by atoms with van der Waals surface area (Å²) in [5, 5.41) is 0. The summed E-state index contributed by atoms with van der Waals surface area (Å²) in [6.45, 7) is 6.47. The molecule has 1 aliphatic carbocycles. The van der Waals surface area contributed by atoms with E-state index >= 15 is 0 Å². The van der Waals surface area contributed by atoms with Gasteiger partial charge in [-0.2, -0.15) is 0 Å². The van der Waals surface area contributed by atoms with Crippen LogP contribution in [-0.2, 0) is 4.79 Å². The smallest absolute Gasteiger partial charge is 0.197 e. The van der Waals surface area contributed by atoms with Crippen LogP contribution in [0.4, 0.5) is 5.69 Å². The molecular weight excluding hydrogens is 322 g/mol. The van der Waals surface area contributed by atoms with Crippen LogP contribution in [0, 0.1) is 6.92 Å². The van der Waals surface area contributed by atoms with Gasteiger partial charge in [0.2, 0.25) is 0 Å². The monoisotopic (exact) mass is 345 g/mol. The molecule has 26 heavy (non-hydrogen) atoms. The van der Waals surface area contributed by atoms with E-state index in [0.29, 0.717) is 23.5 Å². The lowest BCUT2D eigenvalue weighted by atomic mass is 9.89. The van der Waals surface area contributed by atoms with Gasteiger partial charge in [0.15, 0.2) is 12.1 Å². The molecule has 0 radical (unpaired) electrons. The first kappa shape index (κ1) is 18.0. The van der Waals surface area contributed by atoms with Gasteiger partial charge in [0.1, 0.15) is 0 Å². The Morgan fingerprint density at radius 2 is 1.73 bits per heavy atom. The lowest BCUT2D eigenvalue weighted by Gasteiger charge is -2.16. The second-order valence-corrected chi connectivity index (χ2v) is 6.65. The molecule has 0 N–H and O–H groups in total. The van der Waals surface area contributed by atoms with Gasteiger partial charge in [-0.3, -0.25) is 9.59 Å². The molecule has 0 aliphatic heterocycles. The van der Waals surface area contributed by atoms with Crippen LogP contribution in [0.25, 0.3) is 0 Å². The van der Waals surface area contributed by atoms with Gasteiger partial charge in [0, 0.05) is 11.1 Å². The fourth-order valence-electron chi connectivity index (χ4n) is 3.48. The van der Waals surface area contributed by atoms with E-state index in [9.17, 15) is 9.59 Å². The first-order valence-electron chi connectivity index (χ1n) is 9.09. The Hall–Kier alpha value is -2.81. The predicted molar refractivity (Wildman–Crippen MR) is 106 cm³/mol. The molecule has 132 valence electrons. The lowest BCUT2D eigenvalue weighted by molar-refractivity contribution is -0.104. The van der Waals surface area contributed by atoms with E-state index in [1.165, 1.54) is 5.56 Å². The molecule has 2 aromatic rings. The minimum atomic E-state index is -0.240. The highest BCUT2D eigenvalue weighted by molar-refractivity contribution is 6.32. The average Bonchev–Trinajstić information content (AvgIpc) is 2.67. The van der Waals surface area contributed by atoms with Crippen molar-refractivity contribution in [1.82, 2.24) is 0 Å². The Morgan fingerprint density at radius 1 is 1.04 bits per heavy atom. The summed E-state index contributed by atoms with van der Waals surface area (Å²) in [6.07, 6.45) is 4.43. The van der Waals surface area contributed by atoms with Crippen LogP contribution in [0.5, 0.6) is 0 Å². The van der Waals surface area contributed by atoms with Crippen molar-refractivity contribution in [2.24, 2.45) is 4.99 Å². The van der Waals surface area contributed by atoms with Crippen LogP contribution >= 0.6 is 0 Å². The van der Waals surface area contributed by atoms with Crippen LogP contribution in [0.1, 0.15) is 59.7 Å². The van der Waals surface area contributed by atoms with Crippen molar-refractivity contribution >= 4 is 23.5 Å². The molecule has 0 fully saturated rings. The number of hydrogen-bond acceptors (Lipinski definition) is 3. The van der Waals surface area contributed by atoms with Gasteiger partial charge in [-0.25, -0.2) is 4.99 Å². The molecular formula is C23H23NO2. The third kappa shape index (κ3) is 3.30. The molecule has 3 nitrogen and oxygen atoms in total. The third-order valence-electron chi connectivity index (χ3n) is 5.05. The maximum absolute atomic E-state index is 12.3. The zero-order chi connectivity index (χ0) is 18.7. The standard InChI is InChI=1S/C23H23NO2/c1-4-16(5-2)17-10-11-21(15(3)12-17)24-22-13-18(14-25)23(26)20-9-7-6-8-19(20)22/h6-14,16H,4-5H2,1-3H3. The topological polar surface area (TPSA) is 46.5 Å². The Kier molecular flexibility index (Phi) is 5.27. The summed E-state index contributed by atoms with van der Waals surface area (Å²) in [4.78, 5) is 28.4. The Bertz CT molecular complexity index is 918. The number of allylic oxidation sites excluding steroid dienone is 2. The number of fused-ring (bicyclic) bond motifs is 1. The van der Waals surface area contributed by atoms with Gasteiger partial charge in [-0.1, -0.05) is 50.2 Å². The van der Waals surface area contributed by atoms with Crippen LogP contribution in [0.15, 0.2) is 59.1 Å². The number of benzene rings is 2. The summed E-state index contributed by atoms with van der Waals surface area (Å²) >= 11 is 0. The summed E-state index contributed by atoms with van der Waals surface area (Å²) in [5.41, 5.74) is 5.39. The highest BCUT2D eigenvalue weighted by atomic mass is 16.1. The Balaban J connectivity index is 2.08. The number of hydrogen-bond donors (Lipinski definition) is 0. The van der Waals surface area contributed by atoms with Crippen molar-refractivity contribution in [1.29, 1.82) is 0 Å². The lowest BCUT2D eigenvalue weighted by Crippen LogP contribution is -2.18. The Labute approximate surface area is 154 Å². The molecule has 0 atom stereocenters. The molecule has 0 aromatic heterocycles. The van der Waals surface area contributed by atoms with Crippen molar-refractivity contribution in [3.05, 3.63) is 76.4 Å². The van der Waals surface area contributed by atoms with E-state index in [-0.39, 0.29) is 11.4 Å². The van der Waals surface area contributed by atoms with E-state index in [1.54, 1.807) is 18.2 Å². The number of rotatable bonds is 5. The van der Waals surface area contributed by atoms with E-state index in [0.717, 1.165) is 29.7 Å². The molecule has 0 saturated heterocycles. The second-order valence-electron chi connectivity index (χ2n) is 6.65. The normalized spacial score (nSPS) is 15.2. The number of nitrogens with zero attached hydrogens (tertiary/aromatic N) is 1. The maximum Gasteiger partial charge on any atom is 0.197 e. The van der Waals surface area contributed by atoms with Crippen molar-refractivity contribution in [2.45, 2.75) is 39.5 Å². The highest BCUT2D eigenvalue weighted by Gasteiger charge is 2.23. The van der Waals surface area contributed by atoms with Gasteiger partial charge in [-0.15, -0.1) is 0 Å². The molecule has 3 rings (SSSR count). The third-order valence-corrected chi connectivity index (χ3v) is 5.05. The molecule has 2 aromatic carbocycles. The molecule has 3 heteroatoms. The van der Waals surface area contributed by atoms with Gasteiger partial charge >= 0.3 is 0 Å². The molecule has 0 spiro atoms. The largest absolute Gasteiger partial charge is 0.298 e. The van der Waals surface area contributed by atoms with Gasteiger partial charge in [0.25, 0.3) is 0 Å². The van der Waals surface area contributed by atoms with E-state index in [2.05, 4.69) is 32.9 Å². The van der Waals surface area contributed by atoms with Crippen LogP contribution < -0.4 is 0 Å². The zero-order valence-electron chi connectivity index (χ0n) is 15.5. The molecule has 1 aliphatic rings. The first-order valence-corrected chi connectivity index (χ1v) is 9.09. The molecule has 0 heterocycles. The Morgan fingerprint density at radius 3 is 2.35 bits per heavy atom. The average molecular weight is 345 g/mol. The fraction of sp³-hybridized carbons (Fsp3) is 0.261. The number of Topliss-reactive ketones (excluding diaryl/α,β-unsaturated/α-hetero) is 1. The first-order chi connectivity index (χ1) is 12.6. The summed E-state index contributed by atoms with van der Waals surface area (Å²) in [7, 11) is 0. The van der Waals surface area contributed by atoms with Crippen LogP contribution in [0.3, 0.4) is 0 Å². The molecule has 0 unspecified atom stereocenters. The summed E-state index contributed by atoms with van der Waals surface area (Å²) < 4.78 is 0. The van der Waals surface area contributed by atoms with E-state index < -0.39 is 0 Å². The molecule has 0 amide bonds. The zero-order valence-corrected chi connectivity index (χ0v) is 15.5. The fourth-order valence-corrected chi connectivity index (χ4v) is 3.48. The highest BCUT2D eigenvalue weighted by Crippen LogP contribution is 2.30. The van der Waals surface area contributed by atoms with Crippen LogP contribution in [-0.4, -0.2) is 17.8 Å². The number of aryl methyl sites for hydroxylation is 1. The summed E-state index contributed by atoms with van der Waals surface area (Å²) in [6, 6.07) is 13.7. The van der Waals surface area contributed by atoms with E-state index in [4.69, 9.17) is 4.99 Å². The van der Waals surface area contributed by atoms with Crippen molar-refractivity contribution < 1.29 is 9.59 Å². The van der Waals surface area contributed by atoms with Gasteiger partial charge in [-0.05, 0) is 49.0 Å². The SMILES string of the molecule is CCC(CC)c1ccc(N=C2C=C(C=O)C(=O)c3ccccc32)c(C)c1. The summed E-state index contributed by atoms with van der Waals surface area (Å²) in [5.74, 6) is 0.320. The number of carbonyl (C=O) groups is 2. The van der Waals surface area contributed by atoms with Gasteiger partial charge < -0.3 is 0 Å². The maximum atomic E-state index is 12.3. The van der Waals surface area contributed by atoms with Gasteiger partial charge in [0.05, 0.1) is 17.0 Å². The number of aliphatic imine (C=N–C) groups is 1. The predicted octanol–water partition coefficient (Wildman–Crippen LogP) is 5.34. The quantitative estimate of drug-likeness (QED) is 0.542. The van der Waals surface area contributed by atoms with Crippen molar-refractivity contribution in [2.75, 3.05) is 0 Å². The van der Waals surface area contributed by atoms with Crippen molar-refractivity contribution in [3.8, 4) is 0 Å². The second kappa shape index (κ2) is 7.61. The van der Waals surface area contributed by atoms with E-state index in [1.807, 2.05) is 18.2 Å². The minimum Gasteiger partial charge on any atom is -0.298 e. The van der Waals surface area contributed by atoms with Crippen LogP contribution in [0.2, 0.25) is 0 Å². The molecule has 0 bridgehead atoms. The molecule has 0 saturated carbocycles. The minimum absolute atomic E-state index is 0.147. The number of carbonyl (C=O) groups excluding carboxylic acids is 2. The number of ketones is 1. The van der Waals surface area contributed by atoms with Crippen molar-refractivity contribution in [3.63, 3.8) is 0 Å².